The average molecular weight is 1190 g/mol. The van der Waals surface area contributed by atoms with Gasteiger partial charge in [0.25, 0.3) is 0 Å². The zero-order valence-electron chi connectivity index (χ0n) is 55.8. The lowest BCUT2D eigenvalue weighted by Crippen LogP contribution is -2.44. The van der Waals surface area contributed by atoms with E-state index in [1.54, 1.807) is 0 Å². The van der Waals surface area contributed by atoms with Gasteiger partial charge in [-0.3, -0.25) is 19.2 Å². The molecule has 0 bridgehead atoms. The Morgan fingerprint density at radius 2 is 0.388 bits per heavy atom. The normalized spacial score (nSPS) is 12.9. The van der Waals surface area contributed by atoms with E-state index in [0.717, 1.165) is 154 Å². The monoisotopic (exact) mass is 1180 g/mol. The van der Waals surface area contributed by atoms with Crippen LogP contribution >= 0.6 is 0 Å². The van der Waals surface area contributed by atoms with Crippen LogP contribution in [0.25, 0.3) is 0 Å². The lowest BCUT2D eigenvalue weighted by molar-refractivity contribution is -0.170. The van der Waals surface area contributed by atoms with Crippen molar-refractivity contribution in [3.63, 3.8) is 0 Å². The van der Waals surface area contributed by atoms with Gasteiger partial charge in [-0.2, -0.15) is 0 Å². The van der Waals surface area contributed by atoms with Crippen LogP contribution in [0.3, 0.4) is 0 Å². The Balaban J connectivity index is 5.59. The molecule has 488 valence electrons. The topological polar surface area (TPSA) is 105 Å². The van der Waals surface area contributed by atoms with Crippen LogP contribution in [0.4, 0.5) is 0 Å². The molecule has 0 atom stereocenters. The predicted molar refractivity (Wildman–Crippen MR) is 364 cm³/mol. The highest BCUT2D eigenvalue weighted by Crippen LogP contribution is 2.24. The molecule has 0 N–H and O–H groups in total. The number of rotatable bonds is 64. The van der Waals surface area contributed by atoms with Gasteiger partial charge in [0.1, 0.15) is 31.8 Å². The van der Waals surface area contributed by atoms with E-state index in [1.165, 1.54) is 103 Å². The van der Waals surface area contributed by atoms with Crippen LogP contribution in [0.1, 0.15) is 336 Å². The first-order valence-corrected chi connectivity index (χ1v) is 35.6. The molecule has 0 rings (SSSR count). The Bertz CT molecular complexity index is 1490. The van der Waals surface area contributed by atoms with Crippen molar-refractivity contribution in [2.24, 2.45) is 5.41 Å². The number of ether oxygens (including phenoxy) is 4. The van der Waals surface area contributed by atoms with Gasteiger partial charge in [0.15, 0.2) is 0 Å². The Morgan fingerprint density at radius 3 is 0.576 bits per heavy atom. The van der Waals surface area contributed by atoms with Gasteiger partial charge in [-0.25, -0.2) is 0 Å². The van der Waals surface area contributed by atoms with E-state index in [9.17, 15) is 19.2 Å². The van der Waals surface area contributed by atoms with Crippen LogP contribution in [0.15, 0.2) is 97.2 Å². The zero-order chi connectivity index (χ0) is 61.7. The molecule has 0 spiro atoms. The average Bonchev–Trinajstić information content (AvgIpc) is 3.60. The highest BCUT2D eigenvalue weighted by atomic mass is 16.6. The van der Waals surface area contributed by atoms with E-state index in [4.69, 9.17) is 18.9 Å². The standard InChI is InChI=1S/C77H132O8/c1-5-9-13-17-21-25-29-33-37-41-45-49-53-57-61-65-73(78)82-69-77(70-83-74(79)66-62-58-54-50-46-42-38-34-30-26-22-18-14-10-6-2,71-84-75(80)67-63-59-55-51-47-43-39-35-31-27-23-19-15-11-7-3)72-85-76(81)68-64-60-56-52-48-44-40-36-32-28-24-20-16-12-8-4/h21-28,33-40H,5-20,29-32,41-72H2,1-4H3. The fraction of sp³-hybridized carbons (Fsp3) is 0.740. The number of hydrogen-bond acceptors (Lipinski definition) is 8. The number of carbonyl (C=O) groups excluding carboxylic acids is 4. The summed E-state index contributed by atoms with van der Waals surface area (Å²) >= 11 is 0. The van der Waals surface area contributed by atoms with Crippen LogP contribution in [0.5, 0.6) is 0 Å². The van der Waals surface area contributed by atoms with Gasteiger partial charge in [0, 0.05) is 25.7 Å². The fourth-order valence-electron chi connectivity index (χ4n) is 9.80. The van der Waals surface area contributed by atoms with Crippen LogP contribution in [0, 0.1) is 5.41 Å². The Kier molecular flexibility index (Phi) is 64.0. The summed E-state index contributed by atoms with van der Waals surface area (Å²) in [6.45, 7) is 8.15. The smallest absolute Gasteiger partial charge is 0.305 e. The fourth-order valence-corrected chi connectivity index (χ4v) is 9.80. The van der Waals surface area contributed by atoms with E-state index < -0.39 is 5.41 Å². The van der Waals surface area contributed by atoms with Crippen molar-refractivity contribution in [2.45, 2.75) is 336 Å². The zero-order valence-corrected chi connectivity index (χ0v) is 55.8. The Morgan fingerprint density at radius 1 is 0.224 bits per heavy atom. The predicted octanol–water partition coefficient (Wildman–Crippen LogP) is 23.4. The summed E-state index contributed by atoms with van der Waals surface area (Å²) in [6, 6.07) is 0. The summed E-state index contributed by atoms with van der Waals surface area (Å²) in [4.78, 5) is 53.5. The maximum atomic E-state index is 13.4. The molecule has 0 unspecified atom stereocenters. The molecular weight excluding hydrogens is 1050 g/mol. The molecule has 0 radical (unpaired) electrons. The van der Waals surface area contributed by atoms with Crippen molar-refractivity contribution in [1.82, 2.24) is 0 Å². The van der Waals surface area contributed by atoms with Crippen molar-refractivity contribution in [1.29, 1.82) is 0 Å². The third kappa shape index (κ3) is 62.7. The maximum Gasteiger partial charge on any atom is 0.305 e. The van der Waals surface area contributed by atoms with Gasteiger partial charge >= 0.3 is 23.9 Å². The van der Waals surface area contributed by atoms with Gasteiger partial charge in [0.2, 0.25) is 0 Å². The van der Waals surface area contributed by atoms with Gasteiger partial charge in [-0.1, -0.05) is 253 Å². The van der Waals surface area contributed by atoms with E-state index in [1.807, 2.05) is 0 Å². The molecule has 0 saturated carbocycles. The summed E-state index contributed by atoms with van der Waals surface area (Å²) in [5.41, 5.74) is -1.25. The summed E-state index contributed by atoms with van der Waals surface area (Å²) < 4.78 is 23.8. The lowest BCUT2D eigenvalue weighted by Gasteiger charge is -2.31. The van der Waals surface area contributed by atoms with Crippen molar-refractivity contribution in [3.05, 3.63) is 97.2 Å². The molecule has 0 fully saturated rings. The molecular formula is C77H132O8. The number of hydrogen-bond donors (Lipinski definition) is 0. The first kappa shape index (κ1) is 80.8. The second-order valence-electron chi connectivity index (χ2n) is 24.1. The number of esters is 4. The number of allylic oxidation sites excluding steroid dienone is 16. The summed E-state index contributed by atoms with van der Waals surface area (Å²) in [6.07, 6.45) is 85.2. The van der Waals surface area contributed by atoms with Crippen molar-refractivity contribution >= 4 is 23.9 Å². The first-order chi connectivity index (χ1) is 41.8. The molecule has 0 aromatic carbocycles. The van der Waals surface area contributed by atoms with Gasteiger partial charge in [-0.15, -0.1) is 0 Å². The van der Waals surface area contributed by atoms with Gasteiger partial charge in [-0.05, 0) is 154 Å². The number of carbonyl (C=O) groups is 4. The third-order valence-corrected chi connectivity index (χ3v) is 15.5. The number of unbranched alkanes of at least 4 members (excludes halogenated alkanes) is 32. The molecule has 0 heterocycles. The third-order valence-electron chi connectivity index (χ3n) is 15.5. The SMILES string of the molecule is CCCCCC=CCC=CCCCCCCCC(=O)OCC(COC(=O)CCCCCCCC=CCC=CCCCCC)(COC(=O)CCCCCCCC=CCC=CCCCCC)COC(=O)CCCCCCCC=CCC=CCCCCC. The quantitative estimate of drug-likeness (QED) is 0.0257. The van der Waals surface area contributed by atoms with Crippen molar-refractivity contribution < 1.29 is 38.1 Å². The summed E-state index contributed by atoms with van der Waals surface area (Å²) in [5.74, 6) is -1.45. The highest BCUT2D eigenvalue weighted by Gasteiger charge is 2.38. The van der Waals surface area contributed by atoms with Crippen molar-refractivity contribution in [3.8, 4) is 0 Å². The minimum atomic E-state index is -1.25. The molecule has 0 aliphatic carbocycles. The Labute approximate surface area is 524 Å². The van der Waals surface area contributed by atoms with Crippen LogP contribution in [-0.2, 0) is 38.1 Å². The van der Waals surface area contributed by atoms with E-state index >= 15 is 0 Å². The molecule has 0 aliphatic rings. The van der Waals surface area contributed by atoms with Crippen molar-refractivity contribution in [2.75, 3.05) is 26.4 Å². The molecule has 0 aromatic rings. The Hall–Kier alpha value is -4.20. The lowest BCUT2D eigenvalue weighted by atomic mass is 9.92. The minimum absolute atomic E-state index is 0.197. The van der Waals surface area contributed by atoms with E-state index in [2.05, 4.69) is 125 Å². The van der Waals surface area contributed by atoms with Gasteiger partial charge < -0.3 is 18.9 Å². The maximum absolute atomic E-state index is 13.4. The molecule has 0 aromatic heterocycles. The van der Waals surface area contributed by atoms with E-state index in [0.29, 0.717) is 25.7 Å². The summed E-state index contributed by atoms with van der Waals surface area (Å²) in [5, 5.41) is 0. The van der Waals surface area contributed by atoms with Crippen LogP contribution in [-0.4, -0.2) is 50.3 Å². The second kappa shape index (κ2) is 67.3. The molecule has 0 amide bonds. The molecule has 0 saturated heterocycles. The molecule has 85 heavy (non-hydrogen) atoms. The first-order valence-electron chi connectivity index (χ1n) is 35.6. The summed E-state index contributed by atoms with van der Waals surface area (Å²) in [7, 11) is 0. The molecule has 0 aliphatic heterocycles. The second-order valence-corrected chi connectivity index (χ2v) is 24.1. The van der Waals surface area contributed by atoms with E-state index in [-0.39, 0.29) is 76.0 Å². The van der Waals surface area contributed by atoms with Crippen LogP contribution < -0.4 is 0 Å². The van der Waals surface area contributed by atoms with Crippen LogP contribution in [0.2, 0.25) is 0 Å². The molecule has 8 nitrogen and oxygen atoms in total. The highest BCUT2D eigenvalue weighted by molar-refractivity contribution is 5.71. The minimum Gasteiger partial charge on any atom is -0.465 e. The molecule has 8 heteroatoms. The largest absolute Gasteiger partial charge is 0.465 e. The van der Waals surface area contributed by atoms with Gasteiger partial charge in [0.05, 0.1) is 0 Å².